The quantitative estimate of drug-likeness (QED) is 0.837. The van der Waals surface area contributed by atoms with Gasteiger partial charge in [-0.15, -0.1) is 0 Å². The number of hydrogen-bond acceptors (Lipinski definition) is 3. The summed E-state index contributed by atoms with van der Waals surface area (Å²) in [6.07, 6.45) is -3.65. The van der Waals surface area contributed by atoms with E-state index in [1.54, 1.807) is 13.8 Å². The maximum Gasteiger partial charge on any atom is 0.401 e. The molecule has 21 heavy (non-hydrogen) atoms. The van der Waals surface area contributed by atoms with Crippen LogP contribution in [0.2, 0.25) is 0 Å². The largest absolute Gasteiger partial charge is 0.481 e. The number of halogens is 3. The van der Waals surface area contributed by atoms with Gasteiger partial charge < -0.3 is 10.0 Å². The molecule has 1 rings (SSSR count). The Hall–Kier alpha value is -1.31. The third-order valence-corrected chi connectivity index (χ3v) is 3.65. The number of carboxylic acid groups (broad SMARTS) is 1. The first-order chi connectivity index (χ1) is 9.60. The molecule has 0 radical (unpaired) electrons. The second kappa shape index (κ2) is 7.11. The van der Waals surface area contributed by atoms with E-state index in [-0.39, 0.29) is 25.5 Å². The van der Waals surface area contributed by atoms with Gasteiger partial charge in [-0.2, -0.15) is 13.2 Å². The maximum atomic E-state index is 12.5. The highest BCUT2D eigenvalue weighted by atomic mass is 19.4. The van der Waals surface area contributed by atoms with Crippen LogP contribution in [0.1, 0.15) is 26.7 Å². The minimum Gasteiger partial charge on any atom is -0.481 e. The first-order valence-electron chi connectivity index (χ1n) is 6.91. The monoisotopic (exact) mass is 310 g/mol. The summed E-state index contributed by atoms with van der Waals surface area (Å²) in [7, 11) is 0. The fourth-order valence-corrected chi connectivity index (χ4v) is 2.30. The normalized spacial score (nSPS) is 17.6. The van der Waals surface area contributed by atoms with E-state index in [2.05, 4.69) is 0 Å². The zero-order chi connectivity index (χ0) is 16.2. The maximum absolute atomic E-state index is 12.5. The number of carboxylic acids is 1. The second-order valence-electron chi connectivity index (χ2n) is 5.61. The van der Waals surface area contributed by atoms with E-state index in [4.69, 9.17) is 5.11 Å². The van der Waals surface area contributed by atoms with E-state index in [0.29, 0.717) is 12.8 Å². The lowest BCUT2D eigenvalue weighted by molar-refractivity contribution is -0.156. The van der Waals surface area contributed by atoms with Crippen molar-refractivity contribution >= 4 is 11.9 Å². The lowest BCUT2D eigenvalue weighted by Gasteiger charge is -2.33. The SMILES string of the molecule is CC(C)N(CC(=O)N1CCC(C(=O)O)CC1)CC(F)(F)F. The molecule has 0 saturated carbocycles. The lowest BCUT2D eigenvalue weighted by atomic mass is 9.97. The highest BCUT2D eigenvalue weighted by Gasteiger charge is 2.34. The zero-order valence-corrected chi connectivity index (χ0v) is 12.2. The molecule has 0 bridgehead atoms. The Morgan fingerprint density at radius 1 is 1.29 bits per heavy atom. The van der Waals surface area contributed by atoms with Gasteiger partial charge in [0.05, 0.1) is 19.0 Å². The van der Waals surface area contributed by atoms with Crippen molar-refractivity contribution in [2.45, 2.75) is 38.9 Å². The molecule has 0 aromatic heterocycles. The summed E-state index contributed by atoms with van der Waals surface area (Å²) in [5.74, 6) is -1.73. The fraction of sp³-hybridized carbons (Fsp3) is 0.846. The molecule has 5 nitrogen and oxygen atoms in total. The molecule has 0 aromatic rings. The van der Waals surface area contributed by atoms with Crippen molar-refractivity contribution in [2.75, 3.05) is 26.2 Å². The molecule has 1 aliphatic heterocycles. The van der Waals surface area contributed by atoms with Crippen molar-refractivity contribution in [1.82, 2.24) is 9.80 Å². The summed E-state index contributed by atoms with van der Waals surface area (Å²) >= 11 is 0. The van der Waals surface area contributed by atoms with Crippen LogP contribution in [0.4, 0.5) is 13.2 Å². The van der Waals surface area contributed by atoms with Crippen molar-refractivity contribution in [1.29, 1.82) is 0 Å². The average Bonchev–Trinajstić information content (AvgIpc) is 2.36. The smallest absolute Gasteiger partial charge is 0.401 e. The molecular weight excluding hydrogens is 289 g/mol. The summed E-state index contributed by atoms with van der Waals surface area (Å²) in [6.45, 7) is 2.36. The summed E-state index contributed by atoms with van der Waals surface area (Å²) in [5, 5.41) is 8.87. The molecule has 1 N–H and O–H groups in total. The number of nitrogens with zero attached hydrogens (tertiary/aromatic N) is 2. The van der Waals surface area contributed by atoms with Crippen molar-refractivity contribution in [3.05, 3.63) is 0 Å². The molecule has 1 saturated heterocycles. The number of carbonyl (C=O) groups is 2. The number of likely N-dealkylation sites (tertiary alicyclic amines) is 1. The first-order valence-corrected chi connectivity index (χ1v) is 6.91. The molecule has 0 aliphatic carbocycles. The molecule has 0 aromatic carbocycles. The van der Waals surface area contributed by atoms with Gasteiger partial charge in [-0.1, -0.05) is 0 Å². The third kappa shape index (κ3) is 5.91. The highest BCUT2D eigenvalue weighted by Crippen LogP contribution is 2.20. The van der Waals surface area contributed by atoms with E-state index < -0.39 is 30.7 Å². The number of rotatable bonds is 5. The lowest BCUT2D eigenvalue weighted by Crippen LogP contribution is -2.48. The third-order valence-electron chi connectivity index (χ3n) is 3.65. The molecule has 0 unspecified atom stereocenters. The highest BCUT2D eigenvalue weighted by molar-refractivity contribution is 5.79. The van der Waals surface area contributed by atoms with Crippen molar-refractivity contribution in [3.63, 3.8) is 0 Å². The van der Waals surface area contributed by atoms with Crippen LogP contribution in [0.3, 0.4) is 0 Å². The average molecular weight is 310 g/mol. The topological polar surface area (TPSA) is 60.9 Å². The Balaban J connectivity index is 2.53. The summed E-state index contributed by atoms with van der Waals surface area (Å²) in [4.78, 5) is 25.4. The molecule has 122 valence electrons. The van der Waals surface area contributed by atoms with Crippen LogP contribution < -0.4 is 0 Å². The molecule has 1 aliphatic rings. The van der Waals surface area contributed by atoms with E-state index in [0.717, 1.165) is 4.90 Å². The standard InChI is InChI=1S/C13H21F3N2O3/c1-9(2)18(8-13(14,15)16)7-11(19)17-5-3-10(4-6-17)12(20)21/h9-10H,3-8H2,1-2H3,(H,20,21). The molecule has 1 amide bonds. The van der Waals surface area contributed by atoms with Gasteiger partial charge >= 0.3 is 12.1 Å². The van der Waals surface area contributed by atoms with Crippen LogP contribution >= 0.6 is 0 Å². The molecule has 1 heterocycles. The van der Waals surface area contributed by atoms with Crippen LogP contribution in [-0.2, 0) is 9.59 Å². The van der Waals surface area contributed by atoms with Gasteiger partial charge in [0.25, 0.3) is 0 Å². The minimum absolute atomic E-state index is 0.285. The Labute approximate surface area is 121 Å². The summed E-state index contributed by atoms with van der Waals surface area (Å²) < 4.78 is 37.4. The fourth-order valence-electron chi connectivity index (χ4n) is 2.30. The van der Waals surface area contributed by atoms with Gasteiger partial charge in [-0.05, 0) is 26.7 Å². The minimum atomic E-state index is -4.35. The van der Waals surface area contributed by atoms with E-state index in [9.17, 15) is 22.8 Å². The number of amides is 1. The summed E-state index contributed by atoms with van der Waals surface area (Å²) in [5.41, 5.74) is 0. The number of piperidine rings is 1. The molecule has 8 heteroatoms. The van der Waals surface area contributed by atoms with E-state index >= 15 is 0 Å². The number of alkyl halides is 3. The van der Waals surface area contributed by atoms with Gasteiger partial charge in [-0.3, -0.25) is 14.5 Å². The Morgan fingerprint density at radius 3 is 2.19 bits per heavy atom. The number of aliphatic carboxylic acids is 1. The van der Waals surface area contributed by atoms with Gasteiger partial charge in [0, 0.05) is 19.1 Å². The Bertz CT molecular complexity index is 377. The number of carbonyl (C=O) groups excluding carboxylic acids is 1. The predicted octanol–water partition coefficient (Wildman–Crippen LogP) is 1.58. The van der Waals surface area contributed by atoms with E-state index in [1.165, 1.54) is 4.90 Å². The Morgan fingerprint density at radius 2 is 1.81 bits per heavy atom. The first kappa shape index (κ1) is 17.7. The summed E-state index contributed by atoms with van der Waals surface area (Å²) in [6, 6.07) is -0.396. The van der Waals surface area contributed by atoms with Crippen molar-refractivity contribution in [2.24, 2.45) is 5.92 Å². The zero-order valence-electron chi connectivity index (χ0n) is 12.2. The van der Waals surface area contributed by atoms with Crippen molar-refractivity contribution in [3.8, 4) is 0 Å². The Kier molecular flexibility index (Phi) is 6.00. The van der Waals surface area contributed by atoms with Gasteiger partial charge in [-0.25, -0.2) is 0 Å². The van der Waals surface area contributed by atoms with E-state index in [1.807, 2.05) is 0 Å². The second-order valence-corrected chi connectivity index (χ2v) is 5.61. The van der Waals surface area contributed by atoms with Gasteiger partial charge in [0.15, 0.2) is 0 Å². The van der Waals surface area contributed by atoms with Crippen LogP contribution in [0.5, 0.6) is 0 Å². The molecular formula is C13H21F3N2O3. The van der Waals surface area contributed by atoms with Crippen LogP contribution in [0.15, 0.2) is 0 Å². The van der Waals surface area contributed by atoms with Crippen LogP contribution in [0.25, 0.3) is 0 Å². The van der Waals surface area contributed by atoms with Crippen molar-refractivity contribution < 1.29 is 27.9 Å². The molecule has 0 atom stereocenters. The van der Waals surface area contributed by atoms with Crippen LogP contribution in [-0.4, -0.2) is 65.2 Å². The number of hydrogen-bond donors (Lipinski definition) is 1. The van der Waals surface area contributed by atoms with Gasteiger partial charge in [0.2, 0.25) is 5.91 Å². The predicted molar refractivity (Wildman–Crippen MR) is 69.7 cm³/mol. The molecule has 1 fully saturated rings. The molecule has 0 spiro atoms. The van der Waals surface area contributed by atoms with Crippen LogP contribution in [0, 0.1) is 5.92 Å². The van der Waals surface area contributed by atoms with Gasteiger partial charge in [0.1, 0.15) is 0 Å².